The molecule has 6 nitrogen and oxygen atoms in total. The summed E-state index contributed by atoms with van der Waals surface area (Å²) in [5, 5.41) is 0. The molecule has 0 radical (unpaired) electrons. The largest absolute Gasteiger partial charge is 0.464 e. The third kappa shape index (κ3) is 3.81. The van der Waals surface area contributed by atoms with Crippen LogP contribution in [0.1, 0.15) is 25.4 Å². The number of aryl methyl sites for hydroxylation is 1. The summed E-state index contributed by atoms with van der Waals surface area (Å²) in [6.07, 6.45) is 0. The first-order valence-corrected chi connectivity index (χ1v) is 7.28. The monoisotopic (exact) mass is 276 g/mol. The lowest BCUT2D eigenvalue weighted by Crippen LogP contribution is -2.36. The smallest absolute Gasteiger partial charge is 0.244 e. The Bertz CT molecular complexity index is 481. The molecule has 1 atom stereocenters. The van der Waals surface area contributed by atoms with Crippen LogP contribution in [0.4, 0.5) is 0 Å². The summed E-state index contributed by atoms with van der Waals surface area (Å²) >= 11 is 0. The van der Waals surface area contributed by atoms with Crippen molar-refractivity contribution >= 4 is 10.0 Å². The van der Waals surface area contributed by atoms with Crippen LogP contribution in [-0.2, 0) is 21.3 Å². The van der Waals surface area contributed by atoms with Gasteiger partial charge in [-0.3, -0.25) is 0 Å². The van der Waals surface area contributed by atoms with Crippen molar-refractivity contribution in [1.29, 1.82) is 0 Å². The fraction of sp³-hybridized carbons (Fsp3) is 0.636. The molecule has 0 aromatic carbocycles. The summed E-state index contributed by atoms with van der Waals surface area (Å²) in [7, 11) is -3.59. The molecule has 1 unspecified atom stereocenters. The molecular formula is C11H20N2O4S. The van der Waals surface area contributed by atoms with Crippen LogP contribution in [0.3, 0.4) is 0 Å². The van der Waals surface area contributed by atoms with Gasteiger partial charge in [0.1, 0.15) is 16.4 Å². The van der Waals surface area contributed by atoms with E-state index in [0.717, 1.165) is 0 Å². The average molecular weight is 276 g/mol. The predicted molar refractivity (Wildman–Crippen MR) is 67.6 cm³/mol. The summed E-state index contributed by atoms with van der Waals surface area (Å²) in [5.74, 6) is 0.789. The van der Waals surface area contributed by atoms with Crippen LogP contribution in [-0.4, -0.2) is 27.7 Å². The molecule has 0 fully saturated rings. The minimum Gasteiger partial charge on any atom is -0.464 e. The topological polar surface area (TPSA) is 94.6 Å². The normalized spacial score (nSPS) is 13.8. The molecule has 1 heterocycles. The van der Waals surface area contributed by atoms with E-state index in [9.17, 15) is 8.42 Å². The number of hydrogen-bond donors (Lipinski definition) is 2. The molecule has 0 aliphatic carbocycles. The van der Waals surface area contributed by atoms with Crippen molar-refractivity contribution in [2.75, 3.05) is 13.2 Å². The van der Waals surface area contributed by atoms with E-state index >= 15 is 0 Å². The predicted octanol–water partition coefficient (Wildman–Crippen LogP) is 0.750. The Labute approximate surface area is 108 Å². The van der Waals surface area contributed by atoms with E-state index in [1.54, 1.807) is 13.8 Å². The molecule has 104 valence electrons. The van der Waals surface area contributed by atoms with Gasteiger partial charge in [0.25, 0.3) is 0 Å². The lowest BCUT2D eigenvalue weighted by molar-refractivity contribution is 0.133. The first-order chi connectivity index (χ1) is 8.40. The van der Waals surface area contributed by atoms with Gasteiger partial charge in [-0.15, -0.1) is 0 Å². The van der Waals surface area contributed by atoms with Crippen LogP contribution < -0.4 is 10.5 Å². The van der Waals surface area contributed by atoms with Crippen molar-refractivity contribution in [3.63, 3.8) is 0 Å². The first-order valence-electron chi connectivity index (χ1n) is 5.80. The van der Waals surface area contributed by atoms with Gasteiger partial charge in [0.15, 0.2) is 0 Å². The van der Waals surface area contributed by atoms with Gasteiger partial charge >= 0.3 is 0 Å². The Morgan fingerprint density at radius 2 is 2.22 bits per heavy atom. The minimum atomic E-state index is -3.59. The Morgan fingerprint density at radius 1 is 1.56 bits per heavy atom. The maximum Gasteiger partial charge on any atom is 0.244 e. The summed E-state index contributed by atoms with van der Waals surface area (Å²) in [6.45, 7) is 6.25. The zero-order chi connectivity index (χ0) is 13.8. The van der Waals surface area contributed by atoms with Crippen LogP contribution in [0.25, 0.3) is 0 Å². The van der Waals surface area contributed by atoms with Crippen LogP contribution in [0.2, 0.25) is 0 Å². The fourth-order valence-electron chi connectivity index (χ4n) is 1.55. The molecule has 0 aliphatic rings. The molecular weight excluding hydrogens is 256 g/mol. The molecule has 0 aliphatic heterocycles. The molecule has 3 N–H and O–H groups in total. The van der Waals surface area contributed by atoms with Gasteiger partial charge in [-0.05, 0) is 20.8 Å². The summed E-state index contributed by atoms with van der Waals surface area (Å²) < 4.78 is 37.1. The van der Waals surface area contributed by atoms with Crippen LogP contribution >= 0.6 is 0 Å². The number of hydrogen-bond acceptors (Lipinski definition) is 5. The standard InChI is InChI=1S/C11H20N2O4S/c1-4-16-7-8(2)13-18(14,15)11-5-10(6-12)17-9(11)3/h5,8,13H,4,6-7,12H2,1-3H3. The van der Waals surface area contributed by atoms with Crippen LogP contribution in [0.15, 0.2) is 15.4 Å². The van der Waals surface area contributed by atoms with E-state index in [2.05, 4.69) is 4.72 Å². The number of nitrogens with one attached hydrogen (secondary N) is 1. The Morgan fingerprint density at radius 3 is 2.72 bits per heavy atom. The van der Waals surface area contributed by atoms with Crippen molar-refractivity contribution in [2.24, 2.45) is 5.73 Å². The SMILES string of the molecule is CCOCC(C)NS(=O)(=O)c1cc(CN)oc1C. The molecule has 1 aromatic rings. The zero-order valence-electron chi connectivity index (χ0n) is 10.9. The van der Waals surface area contributed by atoms with Crippen LogP contribution in [0, 0.1) is 6.92 Å². The van der Waals surface area contributed by atoms with E-state index in [1.807, 2.05) is 6.92 Å². The second-order valence-corrected chi connectivity index (χ2v) is 5.70. The highest BCUT2D eigenvalue weighted by Crippen LogP contribution is 2.19. The molecule has 0 saturated heterocycles. The summed E-state index contributed by atoms with van der Waals surface area (Å²) in [5.41, 5.74) is 5.41. The fourth-order valence-corrected chi connectivity index (χ4v) is 2.98. The van der Waals surface area contributed by atoms with Gasteiger partial charge in [-0.25, -0.2) is 13.1 Å². The van der Waals surface area contributed by atoms with Crippen molar-refractivity contribution in [1.82, 2.24) is 4.72 Å². The van der Waals surface area contributed by atoms with Crippen LogP contribution in [0.5, 0.6) is 0 Å². The number of sulfonamides is 1. The van der Waals surface area contributed by atoms with Crippen molar-refractivity contribution < 1.29 is 17.6 Å². The molecule has 1 aromatic heterocycles. The number of furan rings is 1. The van der Waals surface area contributed by atoms with Gasteiger partial charge in [0.05, 0.1) is 13.2 Å². The van der Waals surface area contributed by atoms with Gasteiger partial charge in [-0.1, -0.05) is 0 Å². The second kappa shape index (κ2) is 6.33. The summed E-state index contributed by atoms with van der Waals surface area (Å²) in [4.78, 5) is 0.131. The maximum absolute atomic E-state index is 12.1. The third-order valence-electron chi connectivity index (χ3n) is 2.34. The lowest BCUT2D eigenvalue weighted by Gasteiger charge is -2.13. The van der Waals surface area contributed by atoms with Crippen molar-refractivity contribution in [2.45, 2.75) is 38.3 Å². The van der Waals surface area contributed by atoms with Crippen molar-refractivity contribution in [3.05, 3.63) is 17.6 Å². The van der Waals surface area contributed by atoms with E-state index in [1.165, 1.54) is 6.07 Å². The average Bonchev–Trinajstić information content (AvgIpc) is 2.68. The highest BCUT2D eigenvalue weighted by molar-refractivity contribution is 7.89. The molecule has 1 rings (SSSR count). The molecule has 0 bridgehead atoms. The molecule has 0 saturated carbocycles. The number of ether oxygens (including phenoxy) is 1. The lowest BCUT2D eigenvalue weighted by atomic mass is 10.4. The number of nitrogens with two attached hydrogens (primary N) is 1. The Kier molecular flexibility index (Phi) is 5.33. The highest BCUT2D eigenvalue weighted by Gasteiger charge is 2.23. The number of rotatable bonds is 7. The Balaban J connectivity index is 2.82. The molecule has 18 heavy (non-hydrogen) atoms. The van der Waals surface area contributed by atoms with E-state index in [0.29, 0.717) is 24.7 Å². The first kappa shape index (κ1) is 15.2. The van der Waals surface area contributed by atoms with Gasteiger partial charge in [0, 0.05) is 18.7 Å². The quantitative estimate of drug-likeness (QED) is 0.766. The summed E-state index contributed by atoms with van der Waals surface area (Å²) in [6, 6.07) is 1.15. The zero-order valence-corrected chi connectivity index (χ0v) is 11.7. The van der Waals surface area contributed by atoms with Gasteiger partial charge in [0.2, 0.25) is 10.0 Å². The van der Waals surface area contributed by atoms with Gasteiger partial charge < -0.3 is 14.9 Å². The van der Waals surface area contributed by atoms with Crippen molar-refractivity contribution in [3.8, 4) is 0 Å². The molecule has 0 amide bonds. The molecule has 0 spiro atoms. The van der Waals surface area contributed by atoms with E-state index in [-0.39, 0.29) is 17.5 Å². The Hall–Kier alpha value is -0.890. The second-order valence-electron chi connectivity index (χ2n) is 4.02. The molecule has 7 heteroatoms. The van der Waals surface area contributed by atoms with Gasteiger partial charge in [-0.2, -0.15) is 0 Å². The van der Waals surface area contributed by atoms with E-state index < -0.39 is 10.0 Å². The minimum absolute atomic E-state index is 0.131. The van der Waals surface area contributed by atoms with E-state index in [4.69, 9.17) is 14.9 Å². The highest BCUT2D eigenvalue weighted by atomic mass is 32.2. The maximum atomic E-state index is 12.1. The third-order valence-corrected chi connectivity index (χ3v) is 4.04.